The second kappa shape index (κ2) is 6.27. The first-order chi connectivity index (χ1) is 10.6. The van der Waals surface area contributed by atoms with Crippen LogP contribution >= 0.6 is 0 Å². The molecule has 0 atom stereocenters. The summed E-state index contributed by atoms with van der Waals surface area (Å²) in [6, 6.07) is 5.88. The fourth-order valence-corrected chi connectivity index (χ4v) is 2.61. The molecule has 3 rings (SSSR count). The molecule has 0 radical (unpaired) electrons. The normalized spacial score (nSPS) is 15.2. The van der Waals surface area contributed by atoms with Gasteiger partial charge in [0, 0.05) is 11.8 Å². The van der Waals surface area contributed by atoms with Crippen LogP contribution in [0.3, 0.4) is 0 Å². The number of carbonyl (C=O) groups excluding carboxylic acids is 1. The van der Waals surface area contributed by atoms with Crippen LogP contribution in [0.15, 0.2) is 28.8 Å². The smallest absolute Gasteiger partial charge is 0.277 e. The average Bonchev–Trinajstić information content (AvgIpc) is 3.14. The van der Waals surface area contributed by atoms with Gasteiger partial charge in [-0.1, -0.05) is 5.16 Å². The Bertz CT molecular complexity index is 678. The summed E-state index contributed by atoms with van der Waals surface area (Å²) in [5, 5.41) is 6.53. The molecule has 0 saturated carbocycles. The van der Waals surface area contributed by atoms with Crippen molar-refractivity contribution in [2.24, 2.45) is 0 Å². The number of likely N-dealkylation sites (tertiary alicyclic amines) is 1. The Hall–Kier alpha value is -2.21. The standard InChI is InChI=1S/C16H18FN3O2/c1-11-8-12(17)4-5-14(11)18-16(21)15-9-13(22-19-15)10-20-6-2-3-7-20/h4-5,8-9H,2-3,6-7,10H2,1H3,(H,18,21). The van der Waals surface area contributed by atoms with Gasteiger partial charge in [-0.2, -0.15) is 0 Å². The van der Waals surface area contributed by atoms with Crippen molar-refractivity contribution in [3.63, 3.8) is 0 Å². The van der Waals surface area contributed by atoms with E-state index in [4.69, 9.17) is 4.52 Å². The number of amides is 1. The molecule has 116 valence electrons. The van der Waals surface area contributed by atoms with E-state index in [-0.39, 0.29) is 17.4 Å². The zero-order valence-corrected chi connectivity index (χ0v) is 12.4. The summed E-state index contributed by atoms with van der Waals surface area (Å²) in [4.78, 5) is 14.4. The molecule has 1 aliphatic rings. The Balaban J connectivity index is 1.65. The lowest BCUT2D eigenvalue weighted by atomic mass is 10.2. The number of hydrogen-bond acceptors (Lipinski definition) is 4. The molecule has 1 saturated heterocycles. The van der Waals surface area contributed by atoms with E-state index >= 15 is 0 Å². The van der Waals surface area contributed by atoms with Gasteiger partial charge in [0.1, 0.15) is 5.82 Å². The van der Waals surface area contributed by atoms with Crippen molar-refractivity contribution in [2.75, 3.05) is 18.4 Å². The highest BCUT2D eigenvalue weighted by Crippen LogP contribution is 2.18. The fourth-order valence-electron chi connectivity index (χ4n) is 2.61. The number of aryl methyl sites for hydroxylation is 1. The molecule has 1 aliphatic heterocycles. The summed E-state index contributed by atoms with van der Waals surface area (Å²) in [6.45, 7) is 4.52. The van der Waals surface area contributed by atoms with Crippen LogP contribution in [0.4, 0.5) is 10.1 Å². The number of benzene rings is 1. The van der Waals surface area contributed by atoms with Gasteiger partial charge in [-0.15, -0.1) is 0 Å². The van der Waals surface area contributed by atoms with E-state index in [0.29, 0.717) is 23.6 Å². The van der Waals surface area contributed by atoms with Crippen LogP contribution < -0.4 is 5.32 Å². The first-order valence-corrected chi connectivity index (χ1v) is 7.37. The molecule has 0 bridgehead atoms. The first-order valence-electron chi connectivity index (χ1n) is 7.37. The Labute approximate surface area is 128 Å². The van der Waals surface area contributed by atoms with Gasteiger partial charge in [0.2, 0.25) is 0 Å². The zero-order valence-electron chi connectivity index (χ0n) is 12.4. The van der Waals surface area contributed by atoms with Crippen molar-refractivity contribution in [1.82, 2.24) is 10.1 Å². The van der Waals surface area contributed by atoms with Crippen molar-refractivity contribution < 1.29 is 13.7 Å². The lowest BCUT2D eigenvalue weighted by molar-refractivity contribution is 0.101. The molecule has 6 heteroatoms. The summed E-state index contributed by atoms with van der Waals surface area (Å²) in [5.41, 5.74) is 1.46. The lowest BCUT2D eigenvalue weighted by Gasteiger charge is -2.10. The molecule has 0 spiro atoms. The predicted molar refractivity (Wildman–Crippen MR) is 80.1 cm³/mol. The quantitative estimate of drug-likeness (QED) is 0.943. The van der Waals surface area contributed by atoms with Crippen LogP contribution in [0, 0.1) is 12.7 Å². The van der Waals surface area contributed by atoms with E-state index in [1.165, 1.54) is 31.0 Å². The van der Waals surface area contributed by atoms with Gasteiger partial charge < -0.3 is 9.84 Å². The first kappa shape index (κ1) is 14.7. The molecule has 0 unspecified atom stereocenters. The summed E-state index contributed by atoms with van der Waals surface area (Å²) in [5.74, 6) is -0.00107. The van der Waals surface area contributed by atoms with Gasteiger partial charge >= 0.3 is 0 Å². The molecule has 1 fully saturated rings. The highest BCUT2D eigenvalue weighted by atomic mass is 19.1. The van der Waals surface area contributed by atoms with E-state index in [1.807, 2.05) is 0 Å². The molecule has 1 aromatic carbocycles. The van der Waals surface area contributed by atoms with Crippen LogP contribution in [0.5, 0.6) is 0 Å². The Morgan fingerprint density at radius 1 is 1.36 bits per heavy atom. The maximum atomic E-state index is 13.1. The third-order valence-electron chi connectivity index (χ3n) is 3.81. The number of carbonyl (C=O) groups is 1. The van der Waals surface area contributed by atoms with Gasteiger partial charge in [0.05, 0.1) is 6.54 Å². The van der Waals surface area contributed by atoms with Crippen molar-refractivity contribution >= 4 is 11.6 Å². The van der Waals surface area contributed by atoms with Gasteiger partial charge in [-0.3, -0.25) is 9.69 Å². The minimum atomic E-state index is -0.355. The average molecular weight is 303 g/mol. The van der Waals surface area contributed by atoms with Crippen molar-refractivity contribution in [3.8, 4) is 0 Å². The molecular formula is C16H18FN3O2. The number of nitrogens with zero attached hydrogens (tertiary/aromatic N) is 2. The van der Waals surface area contributed by atoms with Crippen LogP contribution in [-0.2, 0) is 6.54 Å². The van der Waals surface area contributed by atoms with E-state index in [9.17, 15) is 9.18 Å². The van der Waals surface area contributed by atoms with Gasteiger partial charge in [-0.25, -0.2) is 4.39 Å². The van der Waals surface area contributed by atoms with Crippen molar-refractivity contribution in [3.05, 3.63) is 47.1 Å². The van der Waals surface area contributed by atoms with Crippen LogP contribution in [0.2, 0.25) is 0 Å². The largest absolute Gasteiger partial charge is 0.359 e. The maximum absolute atomic E-state index is 13.1. The van der Waals surface area contributed by atoms with Crippen molar-refractivity contribution in [1.29, 1.82) is 0 Å². The molecule has 5 nitrogen and oxygen atoms in total. The number of nitrogens with one attached hydrogen (secondary N) is 1. The molecule has 22 heavy (non-hydrogen) atoms. The second-order valence-electron chi connectivity index (χ2n) is 5.58. The highest BCUT2D eigenvalue weighted by Gasteiger charge is 2.17. The second-order valence-corrected chi connectivity index (χ2v) is 5.58. The third kappa shape index (κ3) is 3.33. The molecule has 2 heterocycles. The van der Waals surface area contributed by atoms with E-state index in [0.717, 1.165) is 13.1 Å². The number of aromatic nitrogens is 1. The Kier molecular flexibility index (Phi) is 4.20. The number of rotatable bonds is 4. The van der Waals surface area contributed by atoms with E-state index < -0.39 is 0 Å². The van der Waals surface area contributed by atoms with Gasteiger partial charge in [0.15, 0.2) is 11.5 Å². The maximum Gasteiger partial charge on any atom is 0.277 e. The zero-order chi connectivity index (χ0) is 15.5. The van der Waals surface area contributed by atoms with Crippen LogP contribution in [0.25, 0.3) is 0 Å². The molecule has 1 amide bonds. The summed E-state index contributed by atoms with van der Waals surface area (Å²) < 4.78 is 18.3. The Morgan fingerprint density at radius 3 is 2.86 bits per heavy atom. The minimum absolute atomic E-state index is 0.234. The number of hydrogen-bond donors (Lipinski definition) is 1. The monoisotopic (exact) mass is 303 g/mol. The summed E-state index contributed by atoms with van der Waals surface area (Å²) in [6.07, 6.45) is 2.40. The summed E-state index contributed by atoms with van der Waals surface area (Å²) in [7, 11) is 0. The SMILES string of the molecule is Cc1cc(F)ccc1NC(=O)c1cc(CN2CCCC2)on1. The minimum Gasteiger partial charge on any atom is -0.359 e. The fraction of sp³-hybridized carbons (Fsp3) is 0.375. The van der Waals surface area contributed by atoms with Gasteiger partial charge in [0.25, 0.3) is 5.91 Å². The van der Waals surface area contributed by atoms with Gasteiger partial charge in [-0.05, 0) is 56.6 Å². The predicted octanol–water partition coefficient (Wildman–Crippen LogP) is 2.97. The lowest BCUT2D eigenvalue weighted by Crippen LogP contribution is -2.18. The van der Waals surface area contributed by atoms with Crippen LogP contribution in [0.1, 0.15) is 34.7 Å². The molecular weight excluding hydrogens is 285 g/mol. The molecule has 0 aliphatic carbocycles. The third-order valence-corrected chi connectivity index (χ3v) is 3.81. The topological polar surface area (TPSA) is 58.4 Å². The van der Waals surface area contributed by atoms with Crippen molar-refractivity contribution in [2.45, 2.75) is 26.3 Å². The van der Waals surface area contributed by atoms with E-state index in [2.05, 4.69) is 15.4 Å². The molecule has 2 aromatic rings. The summed E-state index contributed by atoms with van der Waals surface area (Å²) >= 11 is 0. The number of halogens is 1. The number of anilines is 1. The highest BCUT2D eigenvalue weighted by molar-refractivity contribution is 6.03. The van der Waals surface area contributed by atoms with E-state index in [1.54, 1.807) is 13.0 Å². The molecule has 1 aromatic heterocycles. The van der Waals surface area contributed by atoms with Crippen LogP contribution in [-0.4, -0.2) is 29.1 Å². The molecule has 1 N–H and O–H groups in total. The Morgan fingerprint density at radius 2 is 2.14 bits per heavy atom.